The van der Waals surface area contributed by atoms with Gasteiger partial charge in [-0.3, -0.25) is 5.10 Å². The van der Waals surface area contributed by atoms with Gasteiger partial charge in [0.1, 0.15) is 0 Å². The van der Waals surface area contributed by atoms with E-state index in [0.29, 0.717) is 18.0 Å². The predicted octanol–water partition coefficient (Wildman–Crippen LogP) is 2.47. The van der Waals surface area contributed by atoms with Crippen molar-refractivity contribution >= 4 is 10.0 Å². The smallest absolute Gasteiger partial charge is 0.240 e. The van der Waals surface area contributed by atoms with Gasteiger partial charge in [0.2, 0.25) is 10.0 Å². The summed E-state index contributed by atoms with van der Waals surface area (Å²) in [6.07, 6.45) is 5.28. The van der Waals surface area contributed by atoms with Gasteiger partial charge >= 0.3 is 0 Å². The van der Waals surface area contributed by atoms with Gasteiger partial charge in [0.25, 0.3) is 0 Å². The molecule has 6 nitrogen and oxygen atoms in total. The summed E-state index contributed by atoms with van der Waals surface area (Å²) < 4.78 is 33.7. The van der Waals surface area contributed by atoms with Crippen molar-refractivity contribution in [2.75, 3.05) is 13.2 Å². The predicted molar refractivity (Wildman–Crippen MR) is 91.1 cm³/mol. The van der Waals surface area contributed by atoms with Gasteiger partial charge in [0.05, 0.1) is 17.2 Å². The fourth-order valence-corrected chi connectivity index (χ4v) is 4.20. The van der Waals surface area contributed by atoms with E-state index in [-0.39, 0.29) is 12.0 Å². The van der Waals surface area contributed by atoms with E-state index in [0.717, 1.165) is 29.5 Å². The zero-order valence-corrected chi connectivity index (χ0v) is 14.8. The fourth-order valence-electron chi connectivity index (χ4n) is 3.02. The number of nitrogens with one attached hydrogen (secondary N) is 2. The number of nitrogens with zero attached hydrogens (tertiary/aromatic N) is 1. The van der Waals surface area contributed by atoms with Crippen molar-refractivity contribution in [3.63, 3.8) is 0 Å². The molecule has 0 aliphatic carbocycles. The average Bonchev–Trinajstić information content (AvgIpc) is 3.10. The summed E-state index contributed by atoms with van der Waals surface area (Å²) in [5.74, 6) is 0.0951. The van der Waals surface area contributed by atoms with Crippen LogP contribution in [0.4, 0.5) is 0 Å². The van der Waals surface area contributed by atoms with Crippen LogP contribution in [0.5, 0.6) is 0 Å². The van der Waals surface area contributed by atoms with Crippen molar-refractivity contribution in [2.24, 2.45) is 5.92 Å². The highest BCUT2D eigenvalue weighted by Gasteiger charge is 2.29. The maximum absolute atomic E-state index is 12.6. The van der Waals surface area contributed by atoms with Crippen LogP contribution >= 0.6 is 0 Å². The van der Waals surface area contributed by atoms with E-state index in [1.54, 1.807) is 24.5 Å². The van der Waals surface area contributed by atoms with Gasteiger partial charge in [-0.25, -0.2) is 13.1 Å². The molecule has 2 aromatic rings. The summed E-state index contributed by atoms with van der Waals surface area (Å²) in [5.41, 5.74) is 3.01. The average molecular weight is 349 g/mol. The summed E-state index contributed by atoms with van der Waals surface area (Å²) >= 11 is 0. The molecule has 0 amide bonds. The van der Waals surface area contributed by atoms with Gasteiger partial charge in [-0.05, 0) is 49.9 Å². The summed E-state index contributed by atoms with van der Waals surface area (Å²) in [6.45, 7) is 4.92. The van der Waals surface area contributed by atoms with Crippen LogP contribution in [-0.2, 0) is 14.8 Å². The first kappa shape index (κ1) is 17.1. The third kappa shape index (κ3) is 3.68. The molecule has 2 N–H and O–H groups in total. The summed E-state index contributed by atoms with van der Waals surface area (Å²) in [4.78, 5) is 0.308. The normalized spacial score (nSPS) is 21.8. The third-order valence-electron chi connectivity index (χ3n) is 4.62. The van der Waals surface area contributed by atoms with Crippen molar-refractivity contribution in [2.45, 2.75) is 37.7 Å². The minimum atomic E-state index is -3.52. The van der Waals surface area contributed by atoms with Gasteiger partial charge in [-0.2, -0.15) is 5.10 Å². The Morgan fingerprint density at radius 2 is 2.17 bits per heavy atom. The van der Waals surface area contributed by atoms with Crippen LogP contribution in [0.3, 0.4) is 0 Å². The number of benzene rings is 1. The number of aryl methyl sites for hydroxylation is 2. The molecule has 2 atom stereocenters. The second-order valence-electron chi connectivity index (χ2n) is 6.32. The minimum absolute atomic E-state index is 0.0951. The molecule has 0 unspecified atom stereocenters. The van der Waals surface area contributed by atoms with Crippen LogP contribution in [0.25, 0.3) is 0 Å². The molecule has 1 aliphatic heterocycles. The number of ether oxygens (including phenoxy) is 1. The van der Waals surface area contributed by atoms with Gasteiger partial charge in [0.15, 0.2) is 0 Å². The van der Waals surface area contributed by atoms with E-state index < -0.39 is 10.0 Å². The van der Waals surface area contributed by atoms with E-state index in [2.05, 4.69) is 14.9 Å². The molecule has 0 saturated carbocycles. The topological polar surface area (TPSA) is 84.1 Å². The summed E-state index contributed by atoms with van der Waals surface area (Å²) in [5, 5.41) is 6.75. The lowest BCUT2D eigenvalue weighted by molar-refractivity contribution is -0.0262. The monoisotopic (exact) mass is 349 g/mol. The van der Waals surface area contributed by atoms with Crippen LogP contribution in [-0.4, -0.2) is 31.8 Å². The lowest BCUT2D eigenvalue weighted by atomic mass is 9.91. The van der Waals surface area contributed by atoms with E-state index in [1.165, 1.54) is 0 Å². The maximum atomic E-state index is 12.6. The third-order valence-corrected chi connectivity index (χ3v) is 6.04. The molecule has 3 rings (SSSR count). The second kappa shape index (κ2) is 7.04. The Kier molecular flexibility index (Phi) is 5.03. The number of rotatable bonds is 5. The SMILES string of the molecule is Cc1ccc(S(=O)(=O)NC[C@@H]2CCCO[C@H]2c2cn[nH]c2)cc1C. The quantitative estimate of drug-likeness (QED) is 0.868. The van der Waals surface area contributed by atoms with E-state index in [9.17, 15) is 8.42 Å². The van der Waals surface area contributed by atoms with Crippen LogP contribution in [0, 0.1) is 19.8 Å². The van der Waals surface area contributed by atoms with Crippen molar-refractivity contribution in [3.8, 4) is 0 Å². The number of H-pyrrole nitrogens is 1. The Morgan fingerprint density at radius 3 is 2.88 bits per heavy atom. The Labute approximate surface area is 142 Å². The standard InChI is InChI=1S/C17H23N3O3S/c1-12-5-6-16(8-13(12)2)24(21,22)20-11-14-4-3-7-23-17(14)15-9-18-19-10-15/h5-6,8-10,14,17,20H,3-4,7,11H2,1-2H3,(H,18,19)/t14-,17+/m0/s1. The van der Waals surface area contributed by atoms with Crippen molar-refractivity contribution in [1.82, 2.24) is 14.9 Å². The van der Waals surface area contributed by atoms with Crippen LogP contribution in [0.2, 0.25) is 0 Å². The van der Waals surface area contributed by atoms with Crippen LogP contribution < -0.4 is 4.72 Å². The van der Waals surface area contributed by atoms with Gasteiger partial charge in [-0.1, -0.05) is 6.07 Å². The number of hydrogen-bond donors (Lipinski definition) is 2. The first-order chi connectivity index (χ1) is 11.5. The lowest BCUT2D eigenvalue weighted by Gasteiger charge is -2.31. The van der Waals surface area contributed by atoms with Crippen LogP contribution in [0.15, 0.2) is 35.5 Å². The van der Waals surface area contributed by atoms with Gasteiger partial charge < -0.3 is 4.74 Å². The maximum Gasteiger partial charge on any atom is 0.240 e. The van der Waals surface area contributed by atoms with Crippen molar-refractivity contribution < 1.29 is 13.2 Å². The highest BCUT2D eigenvalue weighted by Crippen LogP contribution is 2.33. The molecular weight excluding hydrogens is 326 g/mol. The van der Waals surface area contributed by atoms with Crippen molar-refractivity contribution in [3.05, 3.63) is 47.3 Å². The molecule has 1 fully saturated rings. The molecule has 24 heavy (non-hydrogen) atoms. The highest BCUT2D eigenvalue weighted by molar-refractivity contribution is 7.89. The number of aromatic amines is 1. The zero-order chi connectivity index (χ0) is 17.2. The first-order valence-electron chi connectivity index (χ1n) is 8.14. The number of aromatic nitrogens is 2. The van der Waals surface area contributed by atoms with E-state index in [1.807, 2.05) is 19.9 Å². The van der Waals surface area contributed by atoms with E-state index in [4.69, 9.17) is 4.74 Å². The molecular formula is C17H23N3O3S. The van der Waals surface area contributed by atoms with Crippen molar-refractivity contribution in [1.29, 1.82) is 0 Å². The Bertz CT molecular complexity index is 787. The Hall–Kier alpha value is -1.70. The number of hydrogen-bond acceptors (Lipinski definition) is 4. The molecule has 1 aliphatic rings. The molecule has 130 valence electrons. The summed E-state index contributed by atoms with van der Waals surface area (Å²) in [7, 11) is -3.52. The van der Waals surface area contributed by atoms with Crippen LogP contribution in [0.1, 0.15) is 35.6 Å². The summed E-state index contributed by atoms with van der Waals surface area (Å²) in [6, 6.07) is 5.19. The molecule has 0 radical (unpaired) electrons. The number of sulfonamides is 1. The molecule has 0 bridgehead atoms. The molecule has 7 heteroatoms. The minimum Gasteiger partial charge on any atom is -0.373 e. The second-order valence-corrected chi connectivity index (χ2v) is 8.09. The van der Waals surface area contributed by atoms with Gasteiger partial charge in [-0.15, -0.1) is 0 Å². The molecule has 1 aromatic carbocycles. The molecule has 1 saturated heterocycles. The largest absolute Gasteiger partial charge is 0.373 e. The highest BCUT2D eigenvalue weighted by atomic mass is 32.2. The van der Waals surface area contributed by atoms with E-state index >= 15 is 0 Å². The zero-order valence-electron chi connectivity index (χ0n) is 14.0. The molecule has 0 spiro atoms. The first-order valence-corrected chi connectivity index (χ1v) is 9.63. The fraction of sp³-hybridized carbons (Fsp3) is 0.471. The molecule has 2 heterocycles. The lowest BCUT2D eigenvalue weighted by Crippen LogP contribution is -2.35. The Balaban J connectivity index is 1.72. The van der Waals surface area contributed by atoms with Gasteiger partial charge in [0, 0.05) is 30.8 Å². The Morgan fingerprint density at radius 1 is 1.33 bits per heavy atom. The molecule has 1 aromatic heterocycles.